The number of nitrogens with zero attached hydrogens (tertiary/aromatic N) is 2. The highest BCUT2D eigenvalue weighted by molar-refractivity contribution is 7.89. The first-order valence-electron chi connectivity index (χ1n) is 7.40. The lowest BCUT2D eigenvalue weighted by atomic mass is 10.2. The lowest BCUT2D eigenvalue weighted by molar-refractivity contribution is 0.101. The maximum absolute atomic E-state index is 12.4. The number of ketones is 1. The smallest absolute Gasteiger partial charge is 0.240 e. The Morgan fingerprint density at radius 2 is 1.84 bits per heavy atom. The molecule has 0 spiro atoms. The second kappa shape index (κ2) is 7.22. The molecule has 2 heterocycles. The molecule has 0 aliphatic heterocycles. The summed E-state index contributed by atoms with van der Waals surface area (Å²) in [4.78, 5) is 19.9. The predicted octanol–water partition coefficient (Wildman–Crippen LogP) is 2.89. The predicted molar refractivity (Wildman–Crippen MR) is 95.8 cm³/mol. The number of rotatable bonds is 6. The quantitative estimate of drug-likeness (QED) is 0.671. The van der Waals surface area contributed by atoms with Gasteiger partial charge in [0.25, 0.3) is 0 Å². The number of Topliss-reactive ketones (excluding diaryl/α,β-unsaturated/α-hetero) is 1. The molecule has 8 heteroatoms. The van der Waals surface area contributed by atoms with Crippen molar-refractivity contribution in [1.82, 2.24) is 14.7 Å². The number of hydrogen-bond acceptors (Lipinski definition) is 6. The molecule has 128 valence electrons. The van der Waals surface area contributed by atoms with Gasteiger partial charge >= 0.3 is 0 Å². The highest BCUT2D eigenvalue weighted by Crippen LogP contribution is 2.22. The normalized spacial score (nSPS) is 11.4. The van der Waals surface area contributed by atoms with E-state index in [9.17, 15) is 13.2 Å². The van der Waals surface area contributed by atoms with E-state index >= 15 is 0 Å². The van der Waals surface area contributed by atoms with Crippen LogP contribution in [0.4, 0.5) is 0 Å². The Bertz CT molecular complexity index is 982. The average molecular weight is 373 g/mol. The molecule has 3 rings (SSSR count). The Kier molecular flexibility index (Phi) is 5.03. The second-order valence-electron chi connectivity index (χ2n) is 5.27. The van der Waals surface area contributed by atoms with Crippen LogP contribution in [-0.2, 0) is 16.6 Å². The van der Waals surface area contributed by atoms with Crippen molar-refractivity contribution in [3.63, 3.8) is 0 Å². The Morgan fingerprint density at radius 3 is 2.48 bits per heavy atom. The molecule has 1 N–H and O–H groups in total. The van der Waals surface area contributed by atoms with Gasteiger partial charge in [0.15, 0.2) is 5.78 Å². The van der Waals surface area contributed by atoms with Crippen molar-refractivity contribution in [2.45, 2.75) is 18.4 Å². The van der Waals surface area contributed by atoms with Crippen LogP contribution in [0.2, 0.25) is 0 Å². The van der Waals surface area contributed by atoms with E-state index in [4.69, 9.17) is 0 Å². The van der Waals surface area contributed by atoms with E-state index in [1.165, 1.54) is 48.7 Å². The van der Waals surface area contributed by atoms with Gasteiger partial charge in [-0.05, 0) is 30.5 Å². The van der Waals surface area contributed by atoms with Crippen LogP contribution in [0, 0.1) is 0 Å². The van der Waals surface area contributed by atoms with Crippen molar-refractivity contribution in [2.24, 2.45) is 0 Å². The third-order valence-electron chi connectivity index (χ3n) is 3.57. The average Bonchev–Trinajstić information content (AvgIpc) is 3.15. The molecule has 0 aliphatic carbocycles. The number of thiophene rings is 1. The van der Waals surface area contributed by atoms with Gasteiger partial charge in [-0.25, -0.2) is 13.1 Å². The summed E-state index contributed by atoms with van der Waals surface area (Å²) in [5, 5.41) is 3.86. The molecule has 25 heavy (non-hydrogen) atoms. The first-order valence-corrected chi connectivity index (χ1v) is 9.83. The Labute approximate surface area is 149 Å². The van der Waals surface area contributed by atoms with Crippen LogP contribution in [0.1, 0.15) is 23.0 Å². The van der Waals surface area contributed by atoms with E-state index in [1.807, 2.05) is 16.8 Å². The van der Waals surface area contributed by atoms with Crippen LogP contribution in [0.5, 0.6) is 0 Å². The molecular formula is C17H15N3O3S2. The highest BCUT2D eigenvalue weighted by Gasteiger charge is 2.16. The maximum Gasteiger partial charge on any atom is 0.240 e. The van der Waals surface area contributed by atoms with Crippen LogP contribution in [0.15, 0.2) is 58.4 Å². The first kappa shape index (κ1) is 17.4. The van der Waals surface area contributed by atoms with Gasteiger partial charge in [0.05, 0.1) is 22.8 Å². The minimum atomic E-state index is -3.71. The number of carbonyl (C=O) groups excluding carboxylic acids is 1. The lowest BCUT2D eigenvalue weighted by Gasteiger charge is -2.09. The summed E-state index contributed by atoms with van der Waals surface area (Å²) in [7, 11) is -3.71. The van der Waals surface area contributed by atoms with Crippen LogP contribution in [0.3, 0.4) is 0 Å². The molecular weight excluding hydrogens is 358 g/mol. The number of sulfonamides is 1. The summed E-state index contributed by atoms with van der Waals surface area (Å²) in [5.41, 5.74) is 2.56. The van der Waals surface area contributed by atoms with Gasteiger partial charge in [0.2, 0.25) is 10.0 Å². The number of nitrogens with one attached hydrogen (secondary N) is 1. The van der Waals surface area contributed by atoms with E-state index in [1.54, 1.807) is 6.20 Å². The fourth-order valence-electron chi connectivity index (χ4n) is 2.25. The molecule has 0 radical (unpaired) electrons. The number of aromatic nitrogens is 2. The molecule has 0 aliphatic rings. The van der Waals surface area contributed by atoms with Crippen molar-refractivity contribution in [1.29, 1.82) is 0 Å². The highest BCUT2D eigenvalue weighted by atomic mass is 32.2. The van der Waals surface area contributed by atoms with E-state index in [0.29, 0.717) is 17.0 Å². The van der Waals surface area contributed by atoms with Gasteiger partial charge in [-0.15, -0.1) is 0 Å². The van der Waals surface area contributed by atoms with Crippen molar-refractivity contribution >= 4 is 27.1 Å². The minimum Gasteiger partial charge on any atom is -0.295 e. The Balaban J connectivity index is 1.80. The zero-order valence-electron chi connectivity index (χ0n) is 13.3. The zero-order chi connectivity index (χ0) is 17.9. The third-order valence-corrected chi connectivity index (χ3v) is 5.67. The Morgan fingerprint density at radius 1 is 1.12 bits per heavy atom. The molecule has 3 aromatic rings. The number of benzene rings is 1. The van der Waals surface area contributed by atoms with E-state index < -0.39 is 10.0 Å². The molecule has 0 unspecified atom stereocenters. The molecule has 0 saturated heterocycles. The Hall–Kier alpha value is -2.42. The van der Waals surface area contributed by atoms with Gasteiger partial charge in [-0.2, -0.15) is 11.3 Å². The summed E-state index contributed by atoms with van der Waals surface area (Å²) in [6.07, 6.45) is 3.10. The van der Waals surface area contributed by atoms with Gasteiger partial charge in [-0.3, -0.25) is 14.8 Å². The monoisotopic (exact) mass is 373 g/mol. The van der Waals surface area contributed by atoms with Crippen molar-refractivity contribution in [2.75, 3.05) is 0 Å². The fraction of sp³-hybridized carbons (Fsp3) is 0.118. The van der Waals surface area contributed by atoms with Crippen LogP contribution in [0.25, 0.3) is 11.3 Å². The van der Waals surface area contributed by atoms with E-state index in [-0.39, 0.29) is 17.2 Å². The summed E-state index contributed by atoms with van der Waals surface area (Å²) in [6, 6.07) is 7.73. The molecule has 0 amide bonds. The van der Waals surface area contributed by atoms with Gasteiger partial charge < -0.3 is 0 Å². The van der Waals surface area contributed by atoms with Crippen molar-refractivity contribution in [3.05, 3.63) is 64.7 Å². The van der Waals surface area contributed by atoms with E-state index in [2.05, 4.69) is 14.7 Å². The number of carbonyl (C=O) groups is 1. The maximum atomic E-state index is 12.4. The SMILES string of the molecule is CC(=O)c1ccc(S(=O)(=O)NCc2nccnc2-c2ccsc2)cc1. The van der Waals surface area contributed by atoms with Crippen molar-refractivity contribution < 1.29 is 13.2 Å². The van der Waals surface area contributed by atoms with Crippen LogP contribution in [-0.4, -0.2) is 24.2 Å². The lowest BCUT2D eigenvalue weighted by Crippen LogP contribution is -2.24. The van der Waals surface area contributed by atoms with Gasteiger partial charge in [-0.1, -0.05) is 12.1 Å². The molecule has 6 nitrogen and oxygen atoms in total. The van der Waals surface area contributed by atoms with E-state index in [0.717, 1.165) is 5.56 Å². The molecule has 0 atom stereocenters. The molecule has 0 bridgehead atoms. The molecule has 1 aromatic carbocycles. The van der Waals surface area contributed by atoms with Crippen LogP contribution < -0.4 is 4.72 Å². The van der Waals surface area contributed by atoms with Gasteiger partial charge in [0.1, 0.15) is 0 Å². The minimum absolute atomic E-state index is 0.0236. The molecule has 0 fully saturated rings. The summed E-state index contributed by atoms with van der Waals surface area (Å²) >= 11 is 1.53. The third kappa shape index (κ3) is 3.98. The van der Waals surface area contributed by atoms with Crippen LogP contribution >= 0.6 is 11.3 Å². The second-order valence-corrected chi connectivity index (χ2v) is 7.82. The summed E-state index contributed by atoms with van der Waals surface area (Å²) < 4.78 is 27.4. The number of hydrogen-bond donors (Lipinski definition) is 1. The topological polar surface area (TPSA) is 89.0 Å². The summed E-state index contributed by atoms with van der Waals surface area (Å²) in [5.74, 6) is -0.114. The van der Waals surface area contributed by atoms with Crippen molar-refractivity contribution in [3.8, 4) is 11.3 Å². The zero-order valence-corrected chi connectivity index (χ0v) is 15.0. The molecule has 0 saturated carbocycles. The first-order chi connectivity index (χ1) is 12.0. The standard InChI is InChI=1S/C17H15N3O3S2/c1-12(21)13-2-4-15(5-3-13)25(22,23)20-10-16-17(19-8-7-18-16)14-6-9-24-11-14/h2-9,11,20H,10H2,1H3. The molecule has 2 aromatic heterocycles. The fourth-order valence-corrected chi connectivity index (χ4v) is 3.88. The largest absolute Gasteiger partial charge is 0.295 e. The summed E-state index contributed by atoms with van der Waals surface area (Å²) in [6.45, 7) is 1.46. The van der Waals surface area contributed by atoms with Gasteiger partial charge in [0, 0.05) is 28.9 Å².